The lowest BCUT2D eigenvalue weighted by molar-refractivity contribution is 0.129. The Balaban J connectivity index is 1.54. The summed E-state index contributed by atoms with van der Waals surface area (Å²) in [7, 11) is 0. The summed E-state index contributed by atoms with van der Waals surface area (Å²) in [4.78, 5) is 7.72. The van der Waals surface area contributed by atoms with Gasteiger partial charge in [-0.25, -0.2) is 0 Å². The van der Waals surface area contributed by atoms with Crippen molar-refractivity contribution in [3.63, 3.8) is 0 Å². The number of rotatable bonds is 6. The number of para-hydroxylation sites is 1. The Bertz CT molecular complexity index is 730. The number of nitrogens with one attached hydrogen (secondary N) is 1. The van der Waals surface area contributed by atoms with Crippen LogP contribution >= 0.6 is 22.9 Å². The largest absolute Gasteiger partial charge is 0.490 e. The summed E-state index contributed by atoms with van der Waals surface area (Å²) in [5.41, 5.74) is 0. The van der Waals surface area contributed by atoms with Gasteiger partial charge in [-0.2, -0.15) is 0 Å². The molecular weight excluding hydrogens is 382 g/mol. The zero-order valence-electron chi connectivity index (χ0n) is 15.5. The van der Waals surface area contributed by atoms with E-state index in [4.69, 9.17) is 16.3 Å². The van der Waals surface area contributed by atoms with Gasteiger partial charge in [0.2, 0.25) is 0 Å². The van der Waals surface area contributed by atoms with E-state index < -0.39 is 6.10 Å². The van der Waals surface area contributed by atoms with E-state index in [9.17, 15) is 5.11 Å². The molecule has 1 unspecified atom stereocenters. The van der Waals surface area contributed by atoms with Crippen molar-refractivity contribution in [2.75, 3.05) is 26.2 Å². The molecule has 2 N–H and O–H groups in total. The second-order valence-corrected chi connectivity index (χ2v) is 8.22. The number of piperidine rings is 1. The fourth-order valence-corrected chi connectivity index (χ4v) is 4.11. The normalized spacial score (nSPS) is 17.0. The predicted octanol–water partition coefficient (Wildman–Crippen LogP) is 3.94. The van der Waals surface area contributed by atoms with Crippen molar-refractivity contribution in [3.05, 3.63) is 51.7 Å². The molecule has 5 nitrogen and oxygen atoms in total. The van der Waals surface area contributed by atoms with Gasteiger partial charge in [0.05, 0.1) is 10.9 Å². The minimum Gasteiger partial charge on any atom is -0.490 e. The summed E-state index contributed by atoms with van der Waals surface area (Å²) in [6.45, 7) is 4.92. The lowest BCUT2D eigenvalue weighted by Crippen LogP contribution is -2.47. The van der Waals surface area contributed by atoms with Gasteiger partial charge in [0.1, 0.15) is 18.0 Å². The van der Waals surface area contributed by atoms with Crippen molar-refractivity contribution in [2.24, 2.45) is 4.99 Å². The van der Waals surface area contributed by atoms with Crippen LogP contribution in [0.3, 0.4) is 0 Å². The van der Waals surface area contributed by atoms with Gasteiger partial charge in [-0.15, -0.1) is 11.3 Å². The maximum atomic E-state index is 10.3. The van der Waals surface area contributed by atoms with E-state index in [0.29, 0.717) is 10.9 Å². The third kappa shape index (κ3) is 5.86. The number of nitrogens with zero attached hydrogens (tertiary/aromatic N) is 2. The van der Waals surface area contributed by atoms with Crippen LogP contribution in [0.2, 0.25) is 4.34 Å². The highest BCUT2D eigenvalue weighted by atomic mass is 35.5. The molecule has 1 fully saturated rings. The minimum atomic E-state index is -0.630. The average molecular weight is 408 g/mol. The number of likely N-dealkylation sites (tertiary alicyclic amines) is 1. The fourth-order valence-electron chi connectivity index (χ4n) is 3.07. The first-order valence-electron chi connectivity index (χ1n) is 9.34. The monoisotopic (exact) mass is 407 g/mol. The second-order valence-electron chi connectivity index (χ2n) is 6.47. The molecule has 7 heteroatoms. The molecule has 1 aromatic carbocycles. The summed E-state index contributed by atoms with van der Waals surface area (Å²) < 4.78 is 6.74. The SMILES string of the molecule is CCNC(=NCC(O)c1ccc(Cl)s1)N1CCC(Oc2ccccc2)CC1. The third-order valence-electron chi connectivity index (χ3n) is 4.46. The molecule has 0 bridgehead atoms. The Morgan fingerprint density at radius 1 is 1.30 bits per heavy atom. The number of thiophene rings is 1. The Morgan fingerprint density at radius 3 is 2.67 bits per heavy atom. The number of halogens is 1. The summed E-state index contributed by atoms with van der Waals surface area (Å²) in [6, 6.07) is 13.6. The third-order valence-corrected chi connectivity index (χ3v) is 5.79. The topological polar surface area (TPSA) is 57.1 Å². The van der Waals surface area contributed by atoms with Crippen molar-refractivity contribution < 1.29 is 9.84 Å². The Hall–Kier alpha value is -1.76. The highest BCUT2D eigenvalue weighted by Crippen LogP contribution is 2.27. The van der Waals surface area contributed by atoms with Crippen LogP contribution in [-0.2, 0) is 0 Å². The molecule has 2 heterocycles. The number of aliphatic hydroxyl groups excluding tert-OH is 1. The van der Waals surface area contributed by atoms with Gasteiger partial charge in [0, 0.05) is 37.4 Å². The van der Waals surface area contributed by atoms with Crippen LogP contribution in [0.5, 0.6) is 5.75 Å². The summed E-state index contributed by atoms with van der Waals surface area (Å²) in [5.74, 6) is 1.77. The number of hydrogen-bond acceptors (Lipinski definition) is 4. The standard InChI is InChI=1S/C20H26ClN3O2S/c1-2-22-20(23-14-17(25)18-8-9-19(21)27-18)24-12-10-16(11-13-24)26-15-6-4-3-5-7-15/h3-9,16-17,25H,2,10-14H2,1H3,(H,22,23). The number of ether oxygens (including phenoxy) is 1. The Labute approximate surface area is 169 Å². The van der Waals surface area contributed by atoms with E-state index in [2.05, 4.69) is 22.1 Å². The molecular formula is C20H26ClN3O2S. The summed E-state index contributed by atoms with van der Waals surface area (Å²) >= 11 is 7.34. The smallest absolute Gasteiger partial charge is 0.194 e. The molecule has 1 aromatic heterocycles. The molecule has 2 aromatic rings. The number of aliphatic hydroxyl groups is 1. The van der Waals surface area contributed by atoms with E-state index >= 15 is 0 Å². The number of benzene rings is 1. The Kier molecular flexibility index (Phi) is 7.38. The maximum absolute atomic E-state index is 10.3. The quantitative estimate of drug-likeness (QED) is 0.562. The molecule has 146 valence electrons. The summed E-state index contributed by atoms with van der Waals surface area (Å²) in [6.07, 6.45) is 1.49. The lowest BCUT2D eigenvalue weighted by Gasteiger charge is -2.34. The zero-order valence-corrected chi connectivity index (χ0v) is 17.0. The van der Waals surface area contributed by atoms with E-state index in [1.54, 1.807) is 6.07 Å². The fraction of sp³-hybridized carbons (Fsp3) is 0.450. The molecule has 1 aliphatic rings. The van der Waals surface area contributed by atoms with Gasteiger partial charge in [0.25, 0.3) is 0 Å². The van der Waals surface area contributed by atoms with Crippen molar-refractivity contribution in [1.29, 1.82) is 0 Å². The van der Waals surface area contributed by atoms with E-state index in [0.717, 1.165) is 49.1 Å². The van der Waals surface area contributed by atoms with Gasteiger partial charge in [0.15, 0.2) is 5.96 Å². The van der Waals surface area contributed by atoms with Crippen LogP contribution in [0.4, 0.5) is 0 Å². The summed E-state index contributed by atoms with van der Waals surface area (Å²) in [5, 5.41) is 13.7. The minimum absolute atomic E-state index is 0.227. The average Bonchev–Trinajstić information content (AvgIpc) is 3.13. The van der Waals surface area contributed by atoms with E-state index in [-0.39, 0.29) is 6.10 Å². The van der Waals surface area contributed by atoms with Gasteiger partial charge in [-0.05, 0) is 31.2 Å². The second kappa shape index (κ2) is 9.97. The Morgan fingerprint density at radius 2 is 2.04 bits per heavy atom. The van der Waals surface area contributed by atoms with Crippen LogP contribution < -0.4 is 10.1 Å². The first-order valence-corrected chi connectivity index (χ1v) is 10.5. The first-order chi connectivity index (χ1) is 13.2. The van der Waals surface area contributed by atoms with Crippen LogP contribution in [0, 0.1) is 0 Å². The molecule has 1 aliphatic heterocycles. The molecule has 3 rings (SSSR count). The molecule has 0 aliphatic carbocycles. The molecule has 1 atom stereocenters. The first kappa shape index (κ1) is 20.0. The molecule has 27 heavy (non-hydrogen) atoms. The maximum Gasteiger partial charge on any atom is 0.194 e. The predicted molar refractivity (Wildman–Crippen MR) is 112 cm³/mol. The zero-order chi connectivity index (χ0) is 19.1. The van der Waals surface area contributed by atoms with E-state index in [1.165, 1.54) is 11.3 Å². The van der Waals surface area contributed by atoms with Crippen LogP contribution in [0.1, 0.15) is 30.7 Å². The molecule has 0 saturated carbocycles. The molecule has 1 saturated heterocycles. The molecule has 0 radical (unpaired) electrons. The molecule has 0 amide bonds. The molecule has 0 spiro atoms. The van der Waals surface area contributed by atoms with Crippen LogP contribution in [0.25, 0.3) is 0 Å². The highest BCUT2D eigenvalue weighted by molar-refractivity contribution is 7.16. The van der Waals surface area contributed by atoms with Gasteiger partial charge < -0.3 is 20.1 Å². The van der Waals surface area contributed by atoms with Gasteiger partial charge in [-0.1, -0.05) is 29.8 Å². The number of hydrogen-bond donors (Lipinski definition) is 2. The van der Waals surface area contributed by atoms with Crippen LogP contribution in [-0.4, -0.2) is 48.2 Å². The van der Waals surface area contributed by atoms with E-state index in [1.807, 2.05) is 36.4 Å². The van der Waals surface area contributed by atoms with Crippen molar-refractivity contribution >= 4 is 28.9 Å². The lowest BCUT2D eigenvalue weighted by atomic mass is 10.1. The van der Waals surface area contributed by atoms with Gasteiger partial charge >= 0.3 is 0 Å². The van der Waals surface area contributed by atoms with Crippen molar-refractivity contribution in [2.45, 2.75) is 32.0 Å². The number of guanidine groups is 1. The van der Waals surface area contributed by atoms with Crippen molar-refractivity contribution in [3.8, 4) is 5.75 Å². The van der Waals surface area contributed by atoms with Crippen LogP contribution in [0.15, 0.2) is 47.5 Å². The highest BCUT2D eigenvalue weighted by Gasteiger charge is 2.23. The number of aliphatic imine (C=N–C) groups is 1. The van der Waals surface area contributed by atoms with Gasteiger partial charge in [-0.3, -0.25) is 4.99 Å². The van der Waals surface area contributed by atoms with Crippen molar-refractivity contribution in [1.82, 2.24) is 10.2 Å².